The van der Waals surface area contributed by atoms with Crippen LogP contribution in [-0.4, -0.2) is 106 Å². The molecular weight excluding hydrogens is 1090 g/mol. The van der Waals surface area contributed by atoms with Gasteiger partial charge in [0.25, 0.3) is 5.91 Å². The lowest BCUT2D eigenvalue weighted by atomic mass is 9.91. The van der Waals surface area contributed by atoms with Crippen molar-refractivity contribution in [1.82, 2.24) is 26.1 Å². The smallest absolute Gasteiger partial charge is 0.407 e. The van der Waals surface area contributed by atoms with E-state index in [1.807, 2.05) is 130 Å². The average molecular weight is 1170 g/mol. The second-order valence-corrected chi connectivity index (χ2v) is 23.9. The van der Waals surface area contributed by atoms with Crippen LogP contribution in [0.1, 0.15) is 100 Å². The Bertz CT molecular complexity index is 3470. The quantitative estimate of drug-likeness (QED) is 0.00844. The molecule has 10 N–H and O–H groups in total. The maximum atomic E-state index is 16.0. The number of nitrogens with zero attached hydrogens (tertiary/aromatic N) is 1. The molecule has 8 rings (SSSR count). The van der Waals surface area contributed by atoms with Crippen LogP contribution in [0, 0.1) is 0 Å². The van der Waals surface area contributed by atoms with Crippen LogP contribution in [0.4, 0.5) is 4.79 Å². The molecule has 1 aromatic heterocycles. The number of aromatic amines is 1. The van der Waals surface area contributed by atoms with Crippen molar-refractivity contribution in [3.05, 3.63) is 185 Å². The van der Waals surface area contributed by atoms with Crippen LogP contribution in [0.3, 0.4) is 0 Å². The first-order chi connectivity index (χ1) is 41.0. The summed E-state index contributed by atoms with van der Waals surface area (Å²) >= 11 is 0. The summed E-state index contributed by atoms with van der Waals surface area (Å²) in [6.07, 6.45) is 2.38. The molecule has 0 fully saturated rings. The zero-order chi connectivity index (χ0) is 61.8. The summed E-state index contributed by atoms with van der Waals surface area (Å²) in [6.45, 7) is 10.9. The second kappa shape index (κ2) is 27.8. The highest BCUT2D eigenvalue weighted by molar-refractivity contribution is 6.00. The number of aromatic nitrogens is 1. The number of fused-ring (bicyclic) bond motifs is 4. The standard InChI is InChI=1S/C68H78N8O10/c1-66(2,3)85-50-32-26-44(27-33-50)36-57(70)62(80)74-59(21-13-14-34-72-65(83)86-67(4,5)6)63(81)76(60(61(71)79)37-48-39-73-58-20-12-11-15-51(48)58)75-68(42-78,38-45-24-30-47(31-25-45)46-28-22-43(23-29-46)35-49(69)40-77)64(82)84-41-56-54-18-9-7-16-52(54)53-17-8-10-19-55(53)56/h7-12,15-20,22-33,39-40,42,49,56-57,59-60,73,75H,13-14,21,34-38,41,69-70H2,1-6H3,(H2,71,79)(H,72,83)(H,74,80)/t49-,57-,59-,60-,68-/m0/s1. The maximum Gasteiger partial charge on any atom is 0.407 e. The molecule has 0 radical (unpaired) electrons. The van der Waals surface area contributed by atoms with Gasteiger partial charge in [-0.1, -0.05) is 127 Å². The van der Waals surface area contributed by atoms with Crippen LogP contribution in [0.15, 0.2) is 152 Å². The third-order valence-corrected chi connectivity index (χ3v) is 14.9. The van der Waals surface area contributed by atoms with Crippen molar-refractivity contribution in [3.8, 4) is 28.0 Å². The molecule has 450 valence electrons. The average Bonchev–Trinajstić information content (AvgIpc) is 4.21. The fraction of sp³-hybridized carbons (Fsp3) is 0.338. The summed E-state index contributed by atoms with van der Waals surface area (Å²) in [5.74, 6) is -3.52. The van der Waals surface area contributed by atoms with E-state index in [1.54, 1.807) is 63.4 Å². The number of amides is 4. The van der Waals surface area contributed by atoms with E-state index in [0.29, 0.717) is 47.9 Å². The van der Waals surface area contributed by atoms with E-state index in [2.05, 4.69) is 21.0 Å². The predicted octanol–water partition coefficient (Wildman–Crippen LogP) is 8.10. The molecule has 0 bridgehead atoms. The van der Waals surface area contributed by atoms with Gasteiger partial charge in [0, 0.05) is 42.4 Å². The van der Waals surface area contributed by atoms with E-state index in [0.717, 1.165) is 54.9 Å². The Labute approximate surface area is 501 Å². The molecule has 7 aromatic rings. The number of H-pyrrole nitrogens is 1. The fourth-order valence-corrected chi connectivity index (χ4v) is 10.7. The van der Waals surface area contributed by atoms with Gasteiger partial charge in [-0.2, -0.15) is 0 Å². The number of ether oxygens (including phenoxy) is 3. The van der Waals surface area contributed by atoms with Crippen LogP contribution < -0.4 is 38.0 Å². The van der Waals surface area contributed by atoms with Gasteiger partial charge in [0.05, 0.1) is 12.1 Å². The Kier molecular flexibility index (Phi) is 20.4. The first-order valence-electron chi connectivity index (χ1n) is 29.0. The van der Waals surface area contributed by atoms with Crippen LogP contribution >= 0.6 is 0 Å². The number of benzene rings is 6. The topological polar surface area (TPSA) is 280 Å². The van der Waals surface area contributed by atoms with Crippen LogP contribution in [-0.2, 0) is 63.9 Å². The highest BCUT2D eigenvalue weighted by Gasteiger charge is 2.47. The van der Waals surface area contributed by atoms with E-state index in [1.165, 1.54) is 0 Å². The van der Waals surface area contributed by atoms with Crippen LogP contribution in [0.25, 0.3) is 33.2 Å². The number of primary amides is 1. The van der Waals surface area contributed by atoms with Crippen molar-refractivity contribution in [3.63, 3.8) is 0 Å². The predicted molar refractivity (Wildman–Crippen MR) is 330 cm³/mol. The number of alkyl carbamates (subject to hydrolysis) is 1. The summed E-state index contributed by atoms with van der Waals surface area (Å²) in [6, 6.07) is 39.9. The van der Waals surface area contributed by atoms with Crippen molar-refractivity contribution >= 4 is 53.3 Å². The zero-order valence-electron chi connectivity index (χ0n) is 49.6. The number of hydrogen-bond acceptors (Lipinski definition) is 13. The number of rotatable bonds is 27. The summed E-state index contributed by atoms with van der Waals surface area (Å²) in [7, 11) is 0. The Morgan fingerprint density at radius 1 is 0.686 bits per heavy atom. The largest absolute Gasteiger partial charge is 0.488 e. The molecule has 1 heterocycles. The minimum absolute atomic E-state index is 0.0605. The number of nitrogens with one attached hydrogen (secondary N) is 4. The lowest BCUT2D eigenvalue weighted by Gasteiger charge is -2.39. The fourth-order valence-electron chi connectivity index (χ4n) is 10.7. The molecule has 0 saturated carbocycles. The lowest BCUT2D eigenvalue weighted by molar-refractivity contribution is -0.162. The maximum absolute atomic E-state index is 16.0. The zero-order valence-corrected chi connectivity index (χ0v) is 49.6. The van der Waals surface area contributed by atoms with Crippen molar-refractivity contribution in [2.45, 2.75) is 133 Å². The van der Waals surface area contributed by atoms with E-state index in [4.69, 9.17) is 31.4 Å². The highest BCUT2D eigenvalue weighted by Crippen LogP contribution is 2.45. The minimum Gasteiger partial charge on any atom is -0.488 e. The molecule has 0 spiro atoms. The van der Waals surface area contributed by atoms with Gasteiger partial charge in [0.15, 0.2) is 11.8 Å². The Morgan fingerprint density at radius 3 is 1.86 bits per heavy atom. The van der Waals surface area contributed by atoms with E-state index in [-0.39, 0.29) is 38.8 Å². The Hall–Kier alpha value is -8.97. The third-order valence-electron chi connectivity index (χ3n) is 14.9. The summed E-state index contributed by atoms with van der Waals surface area (Å²) in [4.78, 5) is 102. The van der Waals surface area contributed by atoms with Gasteiger partial charge in [0.2, 0.25) is 11.8 Å². The molecule has 1 aliphatic rings. The van der Waals surface area contributed by atoms with Crippen molar-refractivity contribution in [1.29, 1.82) is 0 Å². The van der Waals surface area contributed by atoms with E-state index in [9.17, 15) is 24.0 Å². The van der Waals surface area contributed by atoms with E-state index < -0.39 is 83.0 Å². The highest BCUT2D eigenvalue weighted by atomic mass is 16.6. The molecule has 4 amide bonds. The van der Waals surface area contributed by atoms with Gasteiger partial charge in [-0.3, -0.25) is 19.4 Å². The number of unbranched alkanes of at least 4 members (excludes halogenated alkanes) is 1. The molecular formula is C68H78N8O10. The molecule has 0 saturated heterocycles. The third kappa shape index (κ3) is 16.3. The molecule has 1 aliphatic carbocycles. The first kappa shape index (κ1) is 63.1. The van der Waals surface area contributed by atoms with Crippen molar-refractivity contribution in [2.75, 3.05) is 13.2 Å². The summed E-state index contributed by atoms with van der Waals surface area (Å²) < 4.78 is 17.7. The van der Waals surface area contributed by atoms with Gasteiger partial charge in [-0.25, -0.2) is 15.0 Å². The number of esters is 1. The van der Waals surface area contributed by atoms with E-state index >= 15 is 9.59 Å². The number of carbonyl (C=O) groups excluding carboxylic acids is 7. The molecule has 18 nitrogen and oxygen atoms in total. The number of nitrogens with two attached hydrogens (primary N) is 3. The molecule has 18 heteroatoms. The molecule has 0 aliphatic heterocycles. The molecule has 6 aromatic carbocycles. The Morgan fingerprint density at radius 2 is 1.27 bits per heavy atom. The lowest BCUT2D eigenvalue weighted by Crippen LogP contribution is -2.70. The summed E-state index contributed by atoms with van der Waals surface area (Å²) in [5.41, 5.74) is 27.0. The van der Waals surface area contributed by atoms with Crippen LogP contribution in [0.5, 0.6) is 5.75 Å². The first-order valence-corrected chi connectivity index (χ1v) is 29.0. The number of hydrazine groups is 1. The molecule has 5 atom stereocenters. The minimum atomic E-state index is -2.45. The normalized spacial score (nSPS) is 14.3. The number of para-hydroxylation sites is 1. The van der Waals surface area contributed by atoms with Gasteiger partial charge < -0.3 is 56.6 Å². The SMILES string of the molecule is CC(C)(C)OC(=O)NCCCC[C@H](NC(=O)[C@@H](N)Cc1ccc(OC(C)(C)C)cc1)C(=O)N(N[C@](C=O)(Cc1ccc(-c2ccc(C[C@H](N)C=O)cc2)cc1)C(=O)OCC1c2ccccc2-c2ccccc21)[C@@H](Cc1c[nH]c2ccccc12)C(N)=O. The summed E-state index contributed by atoms with van der Waals surface area (Å²) in [5, 5.41) is 7.20. The molecule has 86 heavy (non-hydrogen) atoms. The number of aldehydes is 2. The van der Waals surface area contributed by atoms with Gasteiger partial charge in [-0.15, -0.1) is 0 Å². The van der Waals surface area contributed by atoms with Gasteiger partial charge >= 0.3 is 12.1 Å². The Balaban J connectivity index is 1.18. The van der Waals surface area contributed by atoms with Gasteiger partial charge in [-0.05, 0) is 147 Å². The van der Waals surface area contributed by atoms with Gasteiger partial charge in [0.1, 0.15) is 41.9 Å². The second-order valence-electron chi connectivity index (χ2n) is 23.9. The van der Waals surface area contributed by atoms with Crippen molar-refractivity contribution < 1.29 is 47.8 Å². The molecule has 0 unspecified atom stereocenters. The monoisotopic (exact) mass is 1170 g/mol. The van der Waals surface area contributed by atoms with Crippen molar-refractivity contribution in [2.24, 2.45) is 17.2 Å². The number of hydrogen-bond donors (Lipinski definition) is 7. The van der Waals surface area contributed by atoms with Crippen LogP contribution in [0.2, 0.25) is 0 Å². The number of carbonyl (C=O) groups is 7.